The lowest BCUT2D eigenvalue weighted by Crippen LogP contribution is -2.29. The Balaban J connectivity index is 1.42. The van der Waals surface area contributed by atoms with Gasteiger partial charge in [-0.25, -0.2) is 4.98 Å². The van der Waals surface area contributed by atoms with Crippen molar-refractivity contribution >= 4 is 28.6 Å². The Hall–Kier alpha value is -3.30. The fourth-order valence-corrected chi connectivity index (χ4v) is 4.65. The summed E-state index contributed by atoms with van der Waals surface area (Å²) in [5.41, 5.74) is 2.44. The van der Waals surface area contributed by atoms with Crippen molar-refractivity contribution in [2.75, 3.05) is 18.5 Å². The monoisotopic (exact) mass is 478 g/mol. The lowest BCUT2D eigenvalue weighted by Gasteiger charge is -2.23. The Bertz CT molecular complexity index is 1440. The highest BCUT2D eigenvalue weighted by Gasteiger charge is 2.29. The molecule has 1 aromatic carbocycles. The Kier molecular flexibility index (Phi) is 5.30. The van der Waals surface area contributed by atoms with Crippen LogP contribution in [0.3, 0.4) is 0 Å². The zero-order valence-corrected chi connectivity index (χ0v) is 19.4. The fraction of sp³-hybridized carbons (Fsp3) is 0.375. The lowest BCUT2D eigenvalue weighted by atomic mass is 10.0. The van der Waals surface area contributed by atoms with Gasteiger partial charge in [-0.05, 0) is 37.8 Å². The number of hydrogen-bond donors (Lipinski definition) is 1. The van der Waals surface area contributed by atoms with E-state index in [1.807, 2.05) is 18.2 Å². The van der Waals surface area contributed by atoms with Crippen molar-refractivity contribution in [1.29, 1.82) is 0 Å². The predicted molar refractivity (Wildman–Crippen MR) is 128 cm³/mol. The molecule has 0 bridgehead atoms. The third kappa shape index (κ3) is 3.95. The molecule has 1 aliphatic carbocycles. The quantitative estimate of drug-likeness (QED) is 0.449. The molecule has 1 aliphatic heterocycles. The molecule has 1 saturated heterocycles. The van der Waals surface area contributed by atoms with E-state index >= 15 is 0 Å². The Morgan fingerprint density at radius 1 is 1.09 bits per heavy atom. The summed E-state index contributed by atoms with van der Waals surface area (Å²) < 4.78 is 12.3. The third-order valence-electron chi connectivity index (χ3n) is 6.28. The molecule has 0 unspecified atom stereocenters. The van der Waals surface area contributed by atoms with Gasteiger partial charge < -0.3 is 14.6 Å². The summed E-state index contributed by atoms with van der Waals surface area (Å²) in [6, 6.07) is 7.66. The maximum atomic E-state index is 13.6. The molecule has 2 fully saturated rings. The summed E-state index contributed by atoms with van der Waals surface area (Å²) in [7, 11) is 0. The molecule has 0 atom stereocenters. The van der Waals surface area contributed by atoms with Gasteiger partial charge in [0.05, 0.1) is 0 Å². The zero-order chi connectivity index (χ0) is 23.2. The van der Waals surface area contributed by atoms with E-state index in [-0.39, 0.29) is 17.6 Å². The van der Waals surface area contributed by atoms with Crippen LogP contribution in [-0.4, -0.2) is 43.9 Å². The molecule has 4 heterocycles. The van der Waals surface area contributed by atoms with Crippen molar-refractivity contribution < 1.29 is 9.26 Å². The van der Waals surface area contributed by atoms with E-state index in [1.54, 1.807) is 23.8 Å². The van der Waals surface area contributed by atoms with Gasteiger partial charge in [-0.1, -0.05) is 28.9 Å². The number of hydrogen-bond acceptors (Lipinski definition) is 8. The van der Waals surface area contributed by atoms with Crippen molar-refractivity contribution in [2.24, 2.45) is 0 Å². The Morgan fingerprint density at radius 3 is 2.62 bits per heavy atom. The Morgan fingerprint density at radius 2 is 1.91 bits per heavy atom. The lowest BCUT2D eigenvalue weighted by molar-refractivity contribution is 0.0903. The van der Waals surface area contributed by atoms with Crippen molar-refractivity contribution in [3.8, 4) is 22.5 Å². The number of halogens is 1. The number of ether oxygens (including phenoxy) is 1. The van der Waals surface area contributed by atoms with Crippen LogP contribution in [0.4, 0.5) is 5.95 Å². The first-order valence-electron chi connectivity index (χ1n) is 11.4. The Labute approximate surface area is 200 Å². The van der Waals surface area contributed by atoms with Crippen LogP contribution in [-0.2, 0) is 4.74 Å². The molecule has 6 rings (SSSR count). The molecule has 174 valence electrons. The number of nitrogens with one attached hydrogen (secondary N) is 1. The largest absolute Gasteiger partial charge is 0.381 e. The van der Waals surface area contributed by atoms with Crippen LogP contribution in [0.1, 0.15) is 37.6 Å². The third-order valence-corrected chi connectivity index (χ3v) is 6.60. The number of fused-ring (bicyclic) bond motifs is 1. The minimum Gasteiger partial charge on any atom is -0.381 e. The normalized spacial score (nSPS) is 16.8. The van der Waals surface area contributed by atoms with Crippen molar-refractivity contribution in [1.82, 2.24) is 24.7 Å². The number of benzene rings is 1. The number of nitrogens with zero attached hydrogens (tertiary/aromatic N) is 5. The van der Waals surface area contributed by atoms with Gasteiger partial charge in [0.2, 0.25) is 17.7 Å². The fourth-order valence-electron chi connectivity index (χ4n) is 4.37. The topological polar surface area (TPSA) is 108 Å². The van der Waals surface area contributed by atoms with Crippen molar-refractivity contribution in [3.05, 3.63) is 51.7 Å². The summed E-state index contributed by atoms with van der Waals surface area (Å²) in [6.07, 6.45) is 5.50. The van der Waals surface area contributed by atoms with E-state index in [4.69, 9.17) is 25.8 Å². The maximum absolute atomic E-state index is 13.6. The van der Waals surface area contributed by atoms with Crippen LogP contribution in [0.15, 0.2) is 39.8 Å². The summed E-state index contributed by atoms with van der Waals surface area (Å²) in [6.45, 7) is 3.19. The number of pyridine rings is 1. The van der Waals surface area contributed by atoms with Gasteiger partial charge in [0, 0.05) is 65.5 Å². The first-order valence-corrected chi connectivity index (χ1v) is 11.8. The molecule has 34 heavy (non-hydrogen) atoms. The van der Waals surface area contributed by atoms with Crippen LogP contribution >= 0.6 is 11.6 Å². The van der Waals surface area contributed by atoms with Gasteiger partial charge >= 0.3 is 0 Å². The molecule has 0 radical (unpaired) electrons. The summed E-state index contributed by atoms with van der Waals surface area (Å²) in [5, 5.41) is 8.58. The molecule has 10 heteroatoms. The molecule has 1 N–H and O–H groups in total. The first kappa shape index (κ1) is 21.2. The molecule has 4 aromatic rings. The average Bonchev–Trinajstić information content (AvgIpc) is 3.58. The summed E-state index contributed by atoms with van der Waals surface area (Å²) in [5.74, 6) is 1.47. The van der Waals surface area contributed by atoms with Gasteiger partial charge in [0.1, 0.15) is 5.65 Å². The van der Waals surface area contributed by atoms with Crippen LogP contribution < -0.4 is 10.9 Å². The van der Waals surface area contributed by atoms with E-state index in [0.717, 1.165) is 49.8 Å². The number of aromatic nitrogens is 5. The molecule has 2 aliphatic rings. The molecule has 0 amide bonds. The van der Waals surface area contributed by atoms with Gasteiger partial charge in [-0.15, -0.1) is 0 Å². The minimum absolute atomic E-state index is 0.101. The smallest absolute Gasteiger partial charge is 0.260 e. The molecule has 3 aromatic heterocycles. The van der Waals surface area contributed by atoms with Gasteiger partial charge in [-0.3, -0.25) is 9.36 Å². The van der Waals surface area contributed by atoms with Gasteiger partial charge in [-0.2, -0.15) is 9.97 Å². The summed E-state index contributed by atoms with van der Waals surface area (Å²) >= 11 is 6.64. The predicted octanol–water partition coefficient (Wildman–Crippen LogP) is 4.40. The van der Waals surface area contributed by atoms with Crippen LogP contribution in [0.5, 0.6) is 0 Å². The molecular formula is C24H23ClN6O3. The van der Waals surface area contributed by atoms with Crippen LogP contribution in [0, 0.1) is 6.92 Å². The average molecular weight is 479 g/mol. The SMILES string of the molecule is Cc1nc(-c2ccc(-c3cc4cnc(NC5CCOCC5)nc4n(C4CC4)c3=O)c(Cl)c2)no1. The maximum Gasteiger partial charge on any atom is 0.260 e. The van der Waals surface area contributed by atoms with E-state index in [2.05, 4.69) is 20.4 Å². The first-order chi connectivity index (χ1) is 16.6. The molecule has 0 spiro atoms. The minimum atomic E-state index is -0.101. The number of rotatable bonds is 5. The second-order valence-electron chi connectivity index (χ2n) is 8.80. The molecule has 9 nitrogen and oxygen atoms in total. The zero-order valence-electron chi connectivity index (χ0n) is 18.6. The highest BCUT2D eigenvalue weighted by molar-refractivity contribution is 6.33. The van der Waals surface area contributed by atoms with Crippen LogP contribution in [0.25, 0.3) is 33.5 Å². The van der Waals surface area contributed by atoms with Crippen molar-refractivity contribution in [2.45, 2.75) is 44.7 Å². The van der Waals surface area contributed by atoms with Crippen LogP contribution in [0.2, 0.25) is 5.02 Å². The van der Waals surface area contributed by atoms with E-state index in [1.165, 1.54) is 0 Å². The van der Waals surface area contributed by atoms with E-state index < -0.39 is 0 Å². The van der Waals surface area contributed by atoms with E-state index in [0.29, 0.717) is 39.5 Å². The van der Waals surface area contributed by atoms with Gasteiger partial charge in [0.15, 0.2) is 0 Å². The van der Waals surface area contributed by atoms with Gasteiger partial charge in [0.25, 0.3) is 5.56 Å². The number of anilines is 1. The standard InChI is InChI=1S/C24H23ClN6O3/c1-13-27-21(30-34-13)14-2-5-18(20(25)11-14)19-10-15-12-26-24(28-16-6-8-33-9-7-16)29-22(15)31(23(19)32)17-3-4-17/h2,5,10-12,16-17H,3-4,6-9H2,1H3,(H,26,28,29). The summed E-state index contributed by atoms with van der Waals surface area (Å²) in [4.78, 5) is 27.2. The van der Waals surface area contributed by atoms with Crippen molar-refractivity contribution in [3.63, 3.8) is 0 Å². The van der Waals surface area contributed by atoms with E-state index in [9.17, 15) is 4.79 Å². The molecule has 1 saturated carbocycles. The second kappa shape index (κ2) is 8.48. The molecular weight excluding hydrogens is 456 g/mol. The second-order valence-corrected chi connectivity index (χ2v) is 9.21. The highest BCUT2D eigenvalue weighted by Crippen LogP contribution is 2.37. The number of aryl methyl sites for hydroxylation is 1. The highest BCUT2D eigenvalue weighted by atomic mass is 35.5.